The number of aromatic nitrogens is 2. The molecule has 0 atom stereocenters. The van der Waals surface area contributed by atoms with Gasteiger partial charge < -0.3 is 10.6 Å². The van der Waals surface area contributed by atoms with E-state index in [0.29, 0.717) is 6.04 Å². The van der Waals surface area contributed by atoms with Gasteiger partial charge in [0, 0.05) is 23.7 Å². The fraction of sp³-hybridized carbons (Fsp3) is 0.385. The molecule has 2 aromatic heterocycles. The lowest BCUT2D eigenvalue weighted by Gasteiger charge is -2.03. The Kier molecular flexibility index (Phi) is 3.50. The largest absolute Gasteiger partial charge is 0.378 e. The normalized spacial score (nSPS) is 14.3. The summed E-state index contributed by atoms with van der Waals surface area (Å²) >= 11 is 1.72. The summed E-state index contributed by atoms with van der Waals surface area (Å²) in [5.41, 5.74) is 0.938. The number of rotatable bonds is 6. The standard InChI is InChI=1S/C13H16N4OS/c18-13(16-10-3-4-10)9-17-8-11(6-15-17)14-7-12-2-1-5-19-12/h1-2,5-6,8,10,14H,3-4,7,9H2,(H,16,18). The first-order valence-electron chi connectivity index (χ1n) is 6.38. The number of nitrogens with zero attached hydrogens (tertiary/aromatic N) is 2. The Morgan fingerprint density at radius 3 is 3.16 bits per heavy atom. The summed E-state index contributed by atoms with van der Waals surface area (Å²) < 4.78 is 1.66. The van der Waals surface area contributed by atoms with Crippen molar-refractivity contribution in [1.82, 2.24) is 15.1 Å². The van der Waals surface area contributed by atoms with Crippen LogP contribution in [0.15, 0.2) is 29.9 Å². The molecule has 0 radical (unpaired) electrons. The van der Waals surface area contributed by atoms with Crippen LogP contribution in [0.4, 0.5) is 5.69 Å². The molecule has 2 aromatic rings. The van der Waals surface area contributed by atoms with Gasteiger partial charge in [0.25, 0.3) is 0 Å². The smallest absolute Gasteiger partial charge is 0.241 e. The van der Waals surface area contributed by atoms with E-state index in [-0.39, 0.29) is 12.5 Å². The average Bonchev–Trinajstić information content (AvgIpc) is 2.91. The number of thiophene rings is 1. The highest BCUT2D eigenvalue weighted by Gasteiger charge is 2.23. The van der Waals surface area contributed by atoms with Gasteiger partial charge in [-0.1, -0.05) is 6.07 Å². The van der Waals surface area contributed by atoms with Gasteiger partial charge in [-0.25, -0.2) is 0 Å². The second kappa shape index (κ2) is 5.44. The van der Waals surface area contributed by atoms with Gasteiger partial charge in [-0.2, -0.15) is 5.10 Å². The Morgan fingerprint density at radius 2 is 2.42 bits per heavy atom. The molecule has 1 aliphatic carbocycles. The van der Waals surface area contributed by atoms with E-state index >= 15 is 0 Å². The molecular formula is C13H16N4OS. The minimum absolute atomic E-state index is 0.0374. The van der Waals surface area contributed by atoms with E-state index in [1.807, 2.05) is 12.3 Å². The molecule has 3 rings (SSSR count). The van der Waals surface area contributed by atoms with Crippen LogP contribution in [0, 0.1) is 0 Å². The molecule has 2 N–H and O–H groups in total. The third-order valence-corrected chi connectivity index (χ3v) is 3.80. The maximum Gasteiger partial charge on any atom is 0.241 e. The minimum Gasteiger partial charge on any atom is -0.378 e. The third kappa shape index (κ3) is 3.57. The van der Waals surface area contributed by atoms with Crippen LogP contribution >= 0.6 is 11.3 Å². The fourth-order valence-corrected chi connectivity index (χ4v) is 2.44. The zero-order chi connectivity index (χ0) is 13.1. The summed E-state index contributed by atoms with van der Waals surface area (Å²) in [5, 5.41) is 12.5. The van der Waals surface area contributed by atoms with Crippen molar-refractivity contribution in [3.63, 3.8) is 0 Å². The molecule has 1 fully saturated rings. The van der Waals surface area contributed by atoms with E-state index in [4.69, 9.17) is 0 Å². The van der Waals surface area contributed by atoms with Crippen molar-refractivity contribution >= 4 is 22.9 Å². The third-order valence-electron chi connectivity index (χ3n) is 2.93. The molecule has 0 saturated heterocycles. The molecular weight excluding hydrogens is 260 g/mol. The first-order chi connectivity index (χ1) is 9.29. The van der Waals surface area contributed by atoms with E-state index in [0.717, 1.165) is 25.1 Å². The van der Waals surface area contributed by atoms with Crippen molar-refractivity contribution in [2.75, 3.05) is 5.32 Å². The maximum absolute atomic E-state index is 11.6. The molecule has 2 heterocycles. The maximum atomic E-state index is 11.6. The van der Waals surface area contributed by atoms with Crippen molar-refractivity contribution in [3.8, 4) is 0 Å². The molecule has 6 heteroatoms. The molecule has 0 spiro atoms. The van der Waals surface area contributed by atoms with E-state index in [9.17, 15) is 4.79 Å². The van der Waals surface area contributed by atoms with Crippen LogP contribution < -0.4 is 10.6 Å². The number of amides is 1. The predicted octanol–water partition coefficient (Wildman–Crippen LogP) is 1.84. The Bertz CT molecular complexity index is 545. The highest BCUT2D eigenvalue weighted by atomic mass is 32.1. The van der Waals surface area contributed by atoms with E-state index < -0.39 is 0 Å². The Balaban J connectivity index is 1.49. The highest BCUT2D eigenvalue weighted by molar-refractivity contribution is 7.09. The number of anilines is 1. The Morgan fingerprint density at radius 1 is 1.53 bits per heavy atom. The topological polar surface area (TPSA) is 59.0 Å². The fourth-order valence-electron chi connectivity index (χ4n) is 1.79. The highest BCUT2D eigenvalue weighted by Crippen LogP contribution is 2.18. The first-order valence-corrected chi connectivity index (χ1v) is 7.25. The number of carbonyl (C=O) groups is 1. The van der Waals surface area contributed by atoms with Crippen LogP contribution in [0.1, 0.15) is 17.7 Å². The second-order valence-corrected chi connectivity index (χ2v) is 5.73. The molecule has 19 heavy (non-hydrogen) atoms. The van der Waals surface area contributed by atoms with Gasteiger partial charge in [0.2, 0.25) is 5.91 Å². The molecule has 1 aliphatic rings. The predicted molar refractivity (Wildman–Crippen MR) is 75.0 cm³/mol. The molecule has 5 nitrogen and oxygen atoms in total. The molecule has 0 bridgehead atoms. The van der Waals surface area contributed by atoms with Gasteiger partial charge in [-0.3, -0.25) is 9.48 Å². The SMILES string of the molecule is O=C(Cn1cc(NCc2cccs2)cn1)NC1CC1. The minimum atomic E-state index is 0.0374. The van der Waals surface area contributed by atoms with Crippen molar-refractivity contribution in [2.45, 2.75) is 32.0 Å². The van der Waals surface area contributed by atoms with E-state index in [1.54, 1.807) is 22.2 Å². The zero-order valence-corrected chi connectivity index (χ0v) is 11.3. The van der Waals surface area contributed by atoms with Crippen molar-refractivity contribution in [3.05, 3.63) is 34.8 Å². The summed E-state index contributed by atoms with van der Waals surface area (Å²) in [6.07, 6.45) is 5.83. The summed E-state index contributed by atoms with van der Waals surface area (Å²) in [4.78, 5) is 12.9. The molecule has 100 valence electrons. The van der Waals surface area contributed by atoms with Crippen LogP contribution in [0.2, 0.25) is 0 Å². The lowest BCUT2D eigenvalue weighted by molar-refractivity contribution is -0.122. The first kappa shape index (κ1) is 12.2. The Hall–Kier alpha value is -1.82. The molecule has 1 amide bonds. The lowest BCUT2D eigenvalue weighted by atomic mass is 10.4. The van der Waals surface area contributed by atoms with Crippen molar-refractivity contribution < 1.29 is 4.79 Å². The summed E-state index contributed by atoms with van der Waals surface area (Å²) in [6, 6.07) is 4.53. The molecule has 0 unspecified atom stereocenters. The number of carbonyl (C=O) groups excluding carboxylic acids is 1. The Labute approximate surface area is 115 Å². The monoisotopic (exact) mass is 276 g/mol. The van der Waals surface area contributed by atoms with Gasteiger partial charge >= 0.3 is 0 Å². The molecule has 0 aromatic carbocycles. The second-order valence-electron chi connectivity index (χ2n) is 4.70. The molecule has 0 aliphatic heterocycles. The van der Waals surface area contributed by atoms with E-state index in [1.165, 1.54) is 4.88 Å². The number of hydrogen-bond donors (Lipinski definition) is 2. The van der Waals surface area contributed by atoms with Crippen LogP contribution in [0.25, 0.3) is 0 Å². The van der Waals surface area contributed by atoms with Gasteiger partial charge in [0.05, 0.1) is 11.9 Å². The van der Waals surface area contributed by atoms with Gasteiger partial charge in [0.1, 0.15) is 6.54 Å². The number of hydrogen-bond acceptors (Lipinski definition) is 4. The van der Waals surface area contributed by atoms with Gasteiger partial charge in [0.15, 0.2) is 0 Å². The molecule has 1 saturated carbocycles. The number of nitrogens with one attached hydrogen (secondary N) is 2. The van der Waals surface area contributed by atoms with Gasteiger partial charge in [-0.15, -0.1) is 11.3 Å². The lowest BCUT2D eigenvalue weighted by Crippen LogP contribution is -2.29. The quantitative estimate of drug-likeness (QED) is 0.846. The van der Waals surface area contributed by atoms with Crippen LogP contribution in [-0.4, -0.2) is 21.7 Å². The van der Waals surface area contributed by atoms with Gasteiger partial charge in [-0.05, 0) is 24.3 Å². The average molecular weight is 276 g/mol. The van der Waals surface area contributed by atoms with Crippen molar-refractivity contribution in [2.24, 2.45) is 0 Å². The van der Waals surface area contributed by atoms with Crippen LogP contribution in [-0.2, 0) is 17.9 Å². The summed E-state index contributed by atoms with van der Waals surface area (Å²) in [6.45, 7) is 1.08. The zero-order valence-electron chi connectivity index (χ0n) is 10.5. The van der Waals surface area contributed by atoms with Crippen molar-refractivity contribution in [1.29, 1.82) is 0 Å². The summed E-state index contributed by atoms with van der Waals surface area (Å²) in [7, 11) is 0. The van der Waals surface area contributed by atoms with Crippen LogP contribution in [0.3, 0.4) is 0 Å². The van der Waals surface area contributed by atoms with E-state index in [2.05, 4.69) is 27.2 Å². The summed E-state index contributed by atoms with van der Waals surface area (Å²) in [5.74, 6) is 0.0374. The van der Waals surface area contributed by atoms with Crippen LogP contribution in [0.5, 0.6) is 0 Å².